The van der Waals surface area contributed by atoms with E-state index in [2.05, 4.69) is 43.7 Å². The van der Waals surface area contributed by atoms with Crippen LogP contribution in [0.5, 0.6) is 0 Å². The average molecular weight is 813 g/mol. The number of piperidine rings is 3. The van der Waals surface area contributed by atoms with Crippen LogP contribution in [0.2, 0.25) is 0 Å². The van der Waals surface area contributed by atoms with Gasteiger partial charge in [-0.1, -0.05) is 60.7 Å². The molecular formula is C47H53FN8O4. The van der Waals surface area contributed by atoms with Crippen molar-refractivity contribution in [2.24, 2.45) is 13.0 Å². The molecule has 3 amide bonds. The monoisotopic (exact) mass is 812 g/mol. The Morgan fingerprint density at radius 3 is 2.37 bits per heavy atom. The lowest BCUT2D eigenvalue weighted by molar-refractivity contribution is -0.134. The second kappa shape index (κ2) is 17.5. The van der Waals surface area contributed by atoms with E-state index in [9.17, 15) is 18.8 Å². The van der Waals surface area contributed by atoms with E-state index in [1.807, 2.05) is 71.2 Å². The van der Waals surface area contributed by atoms with Gasteiger partial charge in [-0.15, -0.1) is 0 Å². The van der Waals surface area contributed by atoms with Gasteiger partial charge in [-0.25, -0.2) is 19.2 Å². The highest BCUT2D eigenvalue weighted by molar-refractivity contribution is 6.02. The number of imide groups is 1. The number of amides is 3. The molecule has 2 N–H and O–H groups in total. The zero-order valence-electron chi connectivity index (χ0n) is 34.2. The number of aromatic nitrogens is 4. The SMILES string of the molecule is Cn1nc(C2CCC(=O)NC2=O)c2ccc(C3CCN(CC4CCN(C(=O)OC5CCC(Nc6ncc(F)c(-c7cccc(-c8ccccc8)c7)n6)CC5)CC4)CC3)cc21. The molecule has 312 valence electrons. The Balaban J connectivity index is 0.700. The van der Waals surface area contributed by atoms with Crippen molar-refractivity contribution < 1.29 is 23.5 Å². The van der Waals surface area contributed by atoms with Gasteiger partial charge in [-0.2, -0.15) is 5.10 Å². The summed E-state index contributed by atoms with van der Waals surface area (Å²) in [7, 11) is 1.93. The molecule has 5 heterocycles. The minimum atomic E-state index is -0.465. The van der Waals surface area contributed by atoms with Gasteiger partial charge in [0.25, 0.3) is 0 Å². The highest BCUT2D eigenvalue weighted by Crippen LogP contribution is 2.35. The molecule has 1 aliphatic carbocycles. The maximum atomic E-state index is 15.0. The number of nitrogens with zero attached hydrogens (tertiary/aromatic N) is 6. The van der Waals surface area contributed by atoms with E-state index in [1.165, 1.54) is 11.8 Å². The summed E-state index contributed by atoms with van der Waals surface area (Å²) in [6.45, 7) is 4.60. The van der Waals surface area contributed by atoms with Gasteiger partial charge in [0.05, 0.1) is 23.3 Å². The highest BCUT2D eigenvalue weighted by Gasteiger charge is 2.33. The summed E-state index contributed by atoms with van der Waals surface area (Å²) in [5.41, 5.74) is 6.11. The highest BCUT2D eigenvalue weighted by atomic mass is 19.1. The molecule has 12 nitrogen and oxygen atoms in total. The Morgan fingerprint density at radius 1 is 0.850 bits per heavy atom. The van der Waals surface area contributed by atoms with E-state index in [0.29, 0.717) is 36.2 Å². The lowest BCUT2D eigenvalue weighted by Crippen LogP contribution is -2.44. The molecule has 3 aliphatic heterocycles. The summed E-state index contributed by atoms with van der Waals surface area (Å²) < 4.78 is 22.9. The van der Waals surface area contributed by atoms with Gasteiger partial charge in [0.2, 0.25) is 17.8 Å². The molecule has 1 saturated carbocycles. The lowest BCUT2D eigenvalue weighted by Gasteiger charge is -2.38. The van der Waals surface area contributed by atoms with Crippen LogP contribution in [0.1, 0.15) is 87.3 Å². The quantitative estimate of drug-likeness (QED) is 0.143. The number of aryl methyl sites for hydroxylation is 1. The van der Waals surface area contributed by atoms with Crippen LogP contribution in [0.15, 0.2) is 79.0 Å². The van der Waals surface area contributed by atoms with E-state index < -0.39 is 11.7 Å². The molecule has 1 unspecified atom stereocenters. The van der Waals surface area contributed by atoms with Crippen LogP contribution < -0.4 is 10.6 Å². The molecule has 0 spiro atoms. The van der Waals surface area contributed by atoms with Crippen molar-refractivity contribution in [1.82, 2.24) is 34.9 Å². The van der Waals surface area contributed by atoms with Crippen molar-refractivity contribution in [3.63, 3.8) is 0 Å². The van der Waals surface area contributed by atoms with E-state index in [1.54, 1.807) is 0 Å². The van der Waals surface area contributed by atoms with Crippen LogP contribution in [0, 0.1) is 11.7 Å². The fraction of sp³-hybridized carbons (Fsp3) is 0.447. The van der Waals surface area contributed by atoms with Crippen LogP contribution in [0.3, 0.4) is 0 Å². The molecule has 13 heteroatoms. The van der Waals surface area contributed by atoms with Crippen LogP contribution in [-0.2, 0) is 21.4 Å². The van der Waals surface area contributed by atoms with Crippen molar-refractivity contribution in [3.05, 3.63) is 96.1 Å². The minimum absolute atomic E-state index is 0.111. The minimum Gasteiger partial charge on any atom is -0.446 e. The number of ether oxygens (including phenoxy) is 1. The first-order chi connectivity index (χ1) is 29.2. The van der Waals surface area contributed by atoms with E-state index >= 15 is 0 Å². The fourth-order valence-corrected chi connectivity index (χ4v) is 9.72. The van der Waals surface area contributed by atoms with Gasteiger partial charge in [-0.05, 0) is 112 Å². The van der Waals surface area contributed by atoms with Gasteiger partial charge in [0.1, 0.15) is 11.8 Å². The number of rotatable bonds is 9. The molecule has 5 aromatic rings. The summed E-state index contributed by atoms with van der Waals surface area (Å²) in [5.74, 6) is 0.0984. The van der Waals surface area contributed by atoms with Crippen LogP contribution in [-0.4, -0.2) is 92.3 Å². The zero-order valence-corrected chi connectivity index (χ0v) is 34.2. The van der Waals surface area contributed by atoms with Gasteiger partial charge in [0, 0.05) is 50.1 Å². The van der Waals surface area contributed by atoms with Crippen LogP contribution >= 0.6 is 0 Å². The summed E-state index contributed by atoms with van der Waals surface area (Å²) >= 11 is 0. The Morgan fingerprint density at radius 2 is 1.60 bits per heavy atom. The molecular weight excluding hydrogens is 760 g/mol. The summed E-state index contributed by atoms with van der Waals surface area (Å²) in [6, 6.07) is 24.4. The predicted molar refractivity (Wildman–Crippen MR) is 228 cm³/mol. The number of hydrogen-bond acceptors (Lipinski definition) is 9. The molecule has 1 atom stereocenters. The maximum absolute atomic E-state index is 15.0. The molecule has 9 rings (SSSR count). The first kappa shape index (κ1) is 39.8. The Kier molecular flexibility index (Phi) is 11.6. The summed E-state index contributed by atoms with van der Waals surface area (Å²) in [5, 5.41) is 11.6. The van der Waals surface area contributed by atoms with Gasteiger partial charge >= 0.3 is 6.09 Å². The predicted octanol–water partition coefficient (Wildman–Crippen LogP) is 7.81. The first-order valence-electron chi connectivity index (χ1n) is 21.7. The fourth-order valence-electron chi connectivity index (χ4n) is 9.72. The summed E-state index contributed by atoms with van der Waals surface area (Å²) in [4.78, 5) is 50.8. The average Bonchev–Trinajstić information content (AvgIpc) is 3.60. The van der Waals surface area contributed by atoms with Gasteiger partial charge < -0.3 is 19.9 Å². The Bertz CT molecular complexity index is 2350. The second-order valence-electron chi connectivity index (χ2n) is 17.1. The topological polar surface area (TPSA) is 135 Å². The number of likely N-dealkylation sites (tertiary alicyclic amines) is 2. The second-order valence-corrected chi connectivity index (χ2v) is 17.1. The van der Waals surface area contributed by atoms with Gasteiger partial charge in [-0.3, -0.25) is 19.6 Å². The third-order valence-electron chi connectivity index (χ3n) is 13.2. The number of benzene rings is 3. The van der Waals surface area contributed by atoms with Crippen molar-refractivity contribution in [3.8, 4) is 22.4 Å². The number of halogens is 1. The number of fused-ring (bicyclic) bond motifs is 1. The normalized spacial score (nSPS) is 22.2. The zero-order chi connectivity index (χ0) is 41.2. The molecule has 0 radical (unpaired) electrons. The molecule has 2 aromatic heterocycles. The van der Waals surface area contributed by atoms with Gasteiger partial charge in [0.15, 0.2) is 5.82 Å². The van der Waals surface area contributed by atoms with E-state index in [0.717, 1.165) is 112 Å². The van der Waals surface area contributed by atoms with E-state index in [4.69, 9.17) is 9.84 Å². The molecule has 60 heavy (non-hydrogen) atoms. The molecule has 4 aliphatic rings. The summed E-state index contributed by atoms with van der Waals surface area (Å²) in [6.07, 6.45) is 9.00. The van der Waals surface area contributed by atoms with Crippen molar-refractivity contribution >= 4 is 34.8 Å². The third kappa shape index (κ3) is 8.77. The van der Waals surface area contributed by atoms with Crippen LogP contribution in [0.25, 0.3) is 33.3 Å². The smallest absolute Gasteiger partial charge is 0.410 e. The number of carbonyl (C=O) groups is 3. The maximum Gasteiger partial charge on any atom is 0.410 e. The Hall–Kier alpha value is -5.69. The standard InChI is InChI=1S/C47H53FN8O4/c1-54-41-27-34(10-15-38(41)44(53-54)39-16-17-42(57)51-45(39)58)32-20-22-55(23-21-32)29-30-18-24-56(25-19-30)47(59)60-37-13-11-36(12-14-37)50-46-49-28-40(48)43(52-46)35-9-5-8-33(26-35)31-6-3-2-4-7-31/h2-10,15,26-28,30,32,36-37,39H,11-14,16-25,29H2,1H3,(H,49,50,52)(H,51,57,58). The molecule has 3 saturated heterocycles. The molecule has 4 fully saturated rings. The number of anilines is 1. The first-order valence-corrected chi connectivity index (χ1v) is 21.7. The number of nitrogens with one attached hydrogen (secondary N) is 2. The molecule has 3 aromatic carbocycles. The van der Waals surface area contributed by atoms with Crippen molar-refractivity contribution in [2.75, 3.05) is 38.0 Å². The molecule has 0 bridgehead atoms. The number of hydrogen-bond donors (Lipinski definition) is 2. The van der Waals surface area contributed by atoms with E-state index in [-0.39, 0.29) is 35.7 Å². The van der Waals surface area contributed by atoms with Crippen molar-refractivity contribution in [1.29, 1.82) is 0 Å². The van der Waals surface area contributed by atoms with Crippen molar-refractivity contribution in [2.45, 2.75) is 88.2 Å². The lowest BCUT2D eigenvalue weighted by atomic mass is 9.87. The Labute approximate surface area is 349 Å². The third-order valence-corrected chi connectivity index (χ3v) is 13.2. The van der Waals surface area contributed by atoms with Crippen LogP contribution in [0.4, 0.5) is 15.1 Å². The largest absolute Gasteiger partial charge is 0.446 e. The number of carbonyl (C=O) groups excluding carboxylic acids is 3.